The molecule has 0 aliphatic carbocycles. The summed E-state index contributed by atoms with van der Waals surface area (Å²) in [6.45, 7) is 0. The summed E-state index contributed by atoms with van der Waals surface area (Å²) in [5, 5.41) is 4.74. The van der Waals surface area contributed by atoms with Crippen molar-refractivity contribution >= 4 is 54.8 Å². The maximum Gasteiger partial charge on any atom is 0.217 e. The normalized spacial score (nSPS) is 11.9. The van der Waals surface area contributed by atoms with Gasteiger partial charge in [-0.1, -0.05) is 121 Å². The van der Waals surface area contributed by atoms with Gasteiger partial charge in [0.15, 0.2) is 11.5 Å². The first-order valence-corrected chi connectivity index (χ1v) is 16.1. The zero-order valence-electron chi connectivity index (χ0n) is 26.1. The quantitative estimate of drug-likeness (QED) is 0.198. The topological polar surface area (TPSA) is 53.5 Å². The zero-order chi connectivity index (χ0) is 31.8. The number of benzene rings is 6. The molecule has 0 saturated heterocycles. The minimum Gasteiger partial charge on any atom is -0.309 e. The van der Waals surface area contributed by atoms with Crippen LogP contribution < -0.4 is 0 Å². The molecule has 0 spiro atoms. The molecule has 0 aliphatic rings. The summed E-state index contributed by atoms with van der Waals surface area (Å²) >= 11 is 0. The van der Waals surface area contributed by atoms with Crippen LogP contribution >= 0.6 is 0 Å². The first kappa shape index (κ1) is 26.7. The number of aromatic nitrogens is 6. The lowest BCUT2D eigenvalue weighted by molar-refractivity contribution is 0.870. The molecule has 0 N–H and O–H groups in total. The van der Waals surface area contributed by atoms with Crippen LogP contribution in [0.2, 0.25) is 0 Å². The van der Waals surface area contributed by atoms with Gasteiger partial charge in [-0.3, -0.25) is 4.57 Å². The second-order valence-electron chi connectivity index (χ2n) is 12.2. The Morgan fingerprint density at radius 3 is 1.77 bits per heavy atom. The Morgan fingerprint density at radius 1 is 0.438 bits per heavy atom. The van der Waals surface area contributed by atoms with Crippen molar-refractivity contribution in [3.05, 3.63) is 152 Å². The Balaban J connectivity index is 1.36. The predicted molar refractivity (Wildman–Crippen MR) is 196 cm³/mol. The number of hydrogen-bond acceptors (Lipinski definition) is 3. The van der Waals surface area contributed by atoms with Gasteiger partial charge in [-0.2, -0.15) is 4.98 Å². The van der Waals surface area contributed by atoms with Crippen molar-refractivity contribution in [2.45, 2.75) is 0 Å². The van der Waals surface area contributed by atoms with Crippen molar-refractivity contribution in [2.24, 2.45) is 7.05 Å². The number of rotatable bonds is 4. The highest BCUT2D eigenvalue weighted by Gasteiger charge is 2.25. The summed E-state index contributed by atoms with van der Waals surface area (Å²) in [5.41, 5.74) is 10.0. The smallest absolute Gasteiger partial charge is 0.217 e. The van der Waals surface area contributed by atoms with Gasteiger partial charge in [-0.15, -0.1) is 0 Å². The molecule has 10 rings (SSSR count). The van der Waals surface area contributed by atoms with Crippen molar-refractivity contribution in [2.75, 3.05) is 0 Å². The second kappa shape index (κ2) is 10.2. The molecule has 0 fully saturated rings. The fourth-order valence-corrected chi connectivity index (χ4v) is 7.38. The standard InChI is InChI=1S/C42H28N6/c1-46-39-37(27-15-5-2-6-16-27)43-40(28-17-7-3-8-18-28)44-41(39)45-42(46)48-33-23-13-11-21-30(33)31-25-26-35-36(38(31)48)32-22-12-14-24-34(32)47(35)29-19-9-4-10-20-29/h2-26H,1H3. The molecule has 0 amide bonds. The van der Waals surface area contributed by atoms with Gasteiger partial charge >= 0.3 is 0 Å². The van der Waals surface area contributed by atoms with Crippen molar-refractivity contribution in [3.63, 3.8) is 0 Å². The van der Waals surface area contributed by atoms with Crippen LogP contribution in [0.15, 0.2) is 152 Å². The Kier molecular flexibility index (Phi) is 5.69. The van der Waals surface area contributed by atoms with Gasteiger partial charge in [0.05, 0.1) is 22.1 Å². The highest BCUT2D eigenvalue weighted by atomic mass is 15.3. The second-order valence-corrected chi connectivity index (χ2v) is 12.2. The molecule has 0 unspecified atom stereocenters. The van der Waals surface area contributed by atoms with E-state index >= 15 is 0 Å². The van der Waals surface area contributed by atoms with Crippen molar-refractivity contribution < 1.29 is 0 Å². The van der Waals surface area contributed by atoms with Crippen LogP contribution in [0.4, 0.5) is 0 Å². The Labute approximate surface area is 275 Å². The van der Waals surface area contributed by atoms with Crippen LogP contribution in [0.3, 0.4) is 0 Å². The number of nitrogens with zero attached hydrogens (tertiary/aromatic N) is 6. The Bertz CT molecular complexity index is 2830. The molecular weight excluding hydrogens is 589 g/mol. The van der Waals surface area contributed by atoms with E-state index in [0.29, 0.717) is 11.5 Å². The monoisotopic (exact) mass is 616 g/mol. The van der Waals surface area contributed by atoms with Crippen molar-refractivity contribution in [1.82, 2.24) is 28.7 Å². The van der Waals surface area contributed by atoms with Crippen LogP contribution in [-0.4, -0.2) is 28.7 Å². The van der Waals surface area contributed by atoms with Crippen LogP contribution in [0.25, 0.3) is 89.1 Å². The molecule has 6 aromatic carbocycles. The van der Waals surface area contributed by atoms with Crippen LogP contribution in [-0.2, 0) is 7.05 Å². The first-order chi connectivity index (χ1) is 23.8. The van der Waals surface area contributed by atoms with Crippen LogP contribution in [0.5, 0.6) is 0 Å². The lowest BCUT2D eigenvalue weighted by atomic mass is 10.1. The van der Waals surface area contributed by atoms with Gasteiger partial charge in [0, 0.05) is 45.4 Å². The van der Waals surface area contributed by atoms with Crippen molar-refractivity contribution in [1.29, 1.82) is 0 Å². The summed E-state index contributed by atoms with van der Waals surface area (Å²) in [7, 11) is 2.08. The van der Waals surface area contributed by atoms with E-state index in [-0.39, 0.29) is 0 Å². The SMILES string of the molecule is Cn1c(-n2c3ccccc3c3ccc4c(c5ccccc5n4-c4ccccc4)c32)nc2nc(-c3ccccc3)nc(-c3ccccc3)c21. The fourth-order valence-electron chi connectivity index (χ4n) is 7.38. The first-order valence-electron chi connectivity index (χ1n) is 16.1. The minimum absolute atomic E-state index is 0.655. The predicted octanol–water partition coefficient (Wildman–Crippen LogP) is 9.89. The van der Waals surface area contributed by atoms with Gasteiger partial charge in [0.25, 0.3) is 0 Å². The third kappa shape index (κ3) is 3.77. The molecule has 48 heavy (non-hydrogen) atoms. The maximum absolute atomic E-state index is 5.35. The maximum atomic E-state index is 5.35. The molecule has 6 heteroatoms. The summed E-state index contributed by atoms with van der Waals surface area (Å²) in [5.74, 6) is 1.44. The van der Waals surface area contributed by atoms with Crippen LogP contribution in [0, 0.1) is 0 Å². The third-order valence-electron chi connectivity index (χ3n) is 9.47. The summed E-state index contributed by atoms with van der Waals surface area (Å²) < 4.78 is 6.85. The zero-order valence-corrected chi connectivity index (χ0v) is 26.1. The van der Waals surface area contributed by atoms with Gasteiger partial charge in [0.1, 0.15) is 11.2 Å². The van der Waals surface area contributed by atoms with E-state index < -0.39 is 0 Å². The largest absolute Gasteiger partial charge is 0.309 e. The lowest BCUT2D eigenvalue weighted by Gasteiger charge is -2.11. The van der Waals surface area contributed by atoms with E-state index in [9.17, 15) is 0 Å². The third-order valence-corrected chi connectivity index (χ3v) is 9.47. The molecule has 6 nitrogen and oxygen atoms in total. The summed E-state index contributed by atoms with van der Waals surface area (Å²) in [6.07, 6.45) is 0. The summed E-state index contributed by atoms with van der Waals surface area (Å²) in [4.78, 5) is 15.6. The van der Waals surface area contributed by atoms with Gasteiger partial charge in [-0.05, 0) is 30.3 Å². The average Bonchev–Trinajstić information content (AvgIpc) is 3.79. The van der Waals surface area contributed by atoms with E-state index in [1.807, 2.05) is 36.4 Å². The lowest BCUT2D eigenvalue weighted by Crippen LogP contribution is -2.04. The van der Waals surface area contributed by atoms with E-state index in [4.69, 9.17) is 15.0 Å². The molecule has 4 heterocycles. The van der Waals surface area contributed by atoms with Crippen LogP contribution in [0.1, 0.15) is 0 Å². The highest BCUT2D eigenvalue weighted by Crippen LogP contribution is 2.42. The molecule has 0 aliphatic heterocycles. The molecular formula is C42H28N6. The minimum atomic E-state index is 0.655. The Hall–Kier alpha value is -6.53. The molecule has 10 aromatic rings. The molecule has 0 bridgehead atoms. The molecule has 226 valence electrons. The molecule has 0 saturated carbocycles. The van der Waals surface area contributed by atoms with Crippen molar-refractivity contribution in [3.8, 4) is 34.3 Å². The average molecular weight is 617 g/mol. The summed E-state index contributed by atoms with van der Waals surface area (Å²) in [6, 6.07) is 52.9. The van der Waals surface area contributed by atoms with Gasteiger partial charge in [-0.25, -0.2) is 9.97 Å². The van der Waals surface area contributed by atoms with E-state index in [2.05, 4.69) is 136 Å². The van der Waals surface area contributed by atoms with E-state index in [1.54, 1.807) is 0 Å². The Morgan fingerprint density at radius 2 is 1.04 bits per heavy atom. The highest BCUT2D eigenvalue weighted by molar-refractivity contribution is 6.26. The number of imidazole rings is 1. The fraction of sp³-hybridized carbons (Fsp3) is 0.0238. The van der Waals surface area contributed by atoms with E-state index in [1.165, 1.54) is 21.5 Å². The number of aryl methyl sites for hydroxylation is 1. The van der Waals surface area contributed by atoms with Gasteiger partial charge < -0.3 is 9.13 Å². The molecule has 4 aromatic heterocycles. The molecule has 0 atom stereocenters. The number of hydrogen-bond donors (Lipinski definition) is 0. The molecule has 0 radical (unpaired) electrons. The number of fused-ring (bicyclic) bond motifs is 8. The van der Waals surface area contributed by atoms with E-state index in [0.717, 1.165) is 56.0 Å². The van der Waals surface area contributed by atoms with Gasteiger partial charge in [0.2, 0.25) is 5.95 Å². The number of para-hydroxylation sites is 3.